The number of fused-ring (bicyclic) bond motifs is 1. The van der Waals surface area contributed by atoms with Crippen molar-refractivity contribution in [3.05, 3.63) is 59.9 Å². The van der Waals surface area contributed by atoms with Gasteiger partial charge in [-0.15, -0.1) is 0 Å². The van der Waals surface area contributed by atoms with Crippen LogP contribution in [0.5, 0.6) is 5.75 Å². The highest BCUT2D eigenvalue weighted by Crippen LogP contribution is 2.32. The molecular formula is C21H18F2N2O5. The summed E-state index contributed by atoms with van der Waals surface area (Å²) in [5.74, 6) is -0.880. The van der Waals surface area contributed by atoms with Gasteiger partial charge >= 0.3 is 6.61 Å². The van der Waals surface area contributed by atoms with E-state index in [1.165, 1.54) is 24.3 Å². The van der Waals surface area contributed by atoms with E-state index in [0.717, 1.165) is 0 Å². The van der Waals surface area contributed by atoms with Crippen molar-refractivity contribution in [3.8, 4) is 5.75 Å². The minimum absolute atomic E-state index is 0.0316. The molecule has 0 atom stereocenters. The third kappa shape index (κ3) is 4.11. The van der Waals surface area contributed by atoms with Crippen molar-refractivity contribution in [2.75, 3.05) is 31.6 Å². The van der Waals surface area contributed by atoms with Crippen LogP contribution in [-0.2, 0) is 4.74 Å². The van der Waals surface area contributed by atoms with E-state index >= 15 is 0 Å². The molecule has 1 saturated heterocycles. The van der Waals surface area contributed by atoms with Crippen LogP contribution in [0.3, 0.4) is 0 Å². The first-order valence-corrected chi connectivity index (χ1v) is 9.27. The Bertz CT molecular complexity index is 1060. The molecule has 3 aromatic rings. The van der Waals surface area contributed by atoms with Crippen molar-refractivity contribution in [1.82, 2.24) is 4.90 Å². The zero-order valence-electron chi connectivity index (χ0n) is 15.8. The van der Waals surface area contributed by atoms with Crippen molar-refractivity contribution in [2.45, 2.75) is 6.61 Å². The molecule has 1 aromatic heterocycles. The molecule has 0 aliphatic carbocycles. The molecule has 1 aliphatic rings. The highest BCUT2D eigenvalue weighted by molar-refractivity contribution is 6.14. The van der Waals surface area contributed by atoms with Crippen molar-refractivity contribution < 1.29 is 32.3 Å². The van der Waals surface area contributed by atoms with E-state index in [0.29, 0.717) is 37.3 Å². The normalized spacial score (nSPS) is 14.2. The summed E-state index contributed by atoms with van der Waals surface area (Å²) in [6.45, 7) is -1.23. The lowest BCUT2D eigenvalue weighted by Crippen LogP contribution is -2.40. The number of carbonyl (C=O) groups is 2. The number of benzene rings is 2. The smallest absolute Gasteiger partial charge is 0.387 e. The predicted molar refractivity (Wildman–Crippen MR) is 104 cm³/mol. The average Bonchev–Trinajstić information content (AvgIpc) is 3.12. The second-order valence-corrected chi connectivity index (χ2v) is 6.56. The minimum atomic E-state index is -2.95. The molecule has 1 fully saturated rings. The summed E-state index contributed by atoms with van der Waals surface area (Å²) in [5.41, 5.74) is 0.941. The summed E-state index contributed by atoms with van der Waals surface area (Å²) in [6, 6.07) is 12.2. The Balaban J connectivity index is 1.62. The van der Waals surface area contributed by atoms with Gasteiger partial charge in [0.25, 0.3) is 11.8 Å². The average molecular weight is 416 g/mol. The maximum atomic E-state index is 13.0. The molecule has 2 aromatic carbocycles. The molecule has 30 heavy (non-hydrogen) atoms. The minimum Gasteiger partial charge on any atom is -0.449 e. The Labute approximate surface area is 170 Å². The van der Waals surface area contributed by atoms with Gasteiger partial charge in [-0.25, -0.2) is 0 Å². The number of alkyl halides is 2. The van der Waals surface area contributed by atoms with Gasteiger partial charge in [0.05, 0.1) is 13.2 Å². The largest absolute Gasteiger partial charge is 0.449 e. The third-order valence-corrected chi connectivity index (χ3v) is 4.67. The van der Waals surface area contributed by atoms with Crippen LogP contribution >= 0.6 is 0 Å². The number of amides is 2. The third-order valence-electron chi connectivity index (χ3n) is 4.67. The lowest BCUT2D eigenvalue weighted by molar-refractivity contribution is -0.0498. The molecule has 2 amide bonds. The molecular weight excluding hydrogens is 398 g/mol. The van der Waals surface area contributed by atoms with E-state index in [9.17, 15) is 18.4 Å². The van der Waals surface area contributed by atoms with Crippen molar-refractivity contribution in [1.29, 1.82) is 0 Å². The number of ether oxygens (including phenoxy) is 2. The Morgan fingerprint density at radius 1 is 1.03 bits per heavy atom. The van der Waals surface area contributed by atoms with Gasteiger partial charge in [-0.2, -0.15) is 8.78 Å². The van der Waals surface area contributed by atoms with Gasteiger partial charge in [0, 0.05) is 24.0 Å². The molecule has 4 rings (SSSR count). The standard InChI is InChI=1S/C21H18F2N2O5/c22-21(23)29-14-7-5-13(6-8-14)19(26)24-17-15-3-1-2-4-16(15)30-18(17)20(27)25-9-11-28-12-10-25/h1-8,21H,9-12H2,(H,24,26). The van der Waals surface area contributed by atoms with Gasteiger partial charge in [0.2, 0.25) is 5.76 Å². The number of furan rings is 1. The number of rotatable bonds is 5. The number of halogens is 2. The maximum Gasteiger partial charge on any atom is 0.387 e. The van der Waals surface area contributed by atoms with Gasteiger partial charge in [0.15, 0.2) is 0 Å². The van der Waals surface area contributed by atoms with Crippen LogP contribution in [0, 0.1) is 0 Å². The van der Waals surface area contributed by atoms with Gasteiger partial charge < -0.3 is 24.1 Å². The van der Waals surface area contributed by atoms with Crippen LogP contribution in [0.1, 0.15) is 20.9 Å². The fourth-order valence-electron chi connectivity index (χ4n) is 3.20. The molecule has 0 saturated carbocycles. The molecule has 1 aliphatic heterocycles. The molecule has 7 nitrogen and oxygen atoms in total. The number of anilines is 1. The Morgan fingerprint density at radius 3 is 2.43 bits per heavy atom. The first-order chi connectivity index (χ1) is 14.5. The first-order valence-electron chi connectivity index (χ1n) is 9.27. The van der Waals surface area contributed by atoms with Gasteiger partial charge in [-0.3, -0.25) is 9.59 Å². The van der Waals surface area contributed by atoms with E-state index in [-0.39, 0.29) is 28.7 Å². The fraction of sp³-hybridized carbons (Fsp3) is 0.238. The zero-order valence-corrected chi connectivity index (χ0v) is 15.8. The number of morpholine rings is 1. The molecule has 2 heterocycles. The monoisotopic (exact) mass is 416 g/mol. The molecule has 0 bridgehead atoms. The summed E-state index contributed by atoms with van der Waals surface area (Å²) in [5, 5.41) is 3.31. The van der Waals surface area contributed by atoms with Crippen LogP contribution in [0.2, 0.25) is 0 Å². The van der Waals surface area contributed by atoms with E-state index in [2.05, 4.69) is 10.1 Å². The highest BCUT2D eigenvalue weighted by atomic mass is 19.3. The second-order valence-electron chi connectivity index (χ2n) is 6.56. The Hall–Kier alpha value is -3.46. The maximum absolute atomic E-state index is 13.0. The van der Waals surface area contributed by atoms with Crippen molar-refractivity contribution in [3.63, 3.8) is 0 Å². The fourth-order valence-corrected chi connectivity index (χ4v) is 3.20. The van der Waals surface area contributed by atoms with Crippen LogP contribution in [0.15, 0.2) is 52.9 Å². The molecule has 156 valence electrons. The number of hydrogen-bond acceptors (Lipinski definition) is 5. The number of carbonyl (C=O) groups excluding carboxylic acids is 2. The van der Waals surface area contributed by atoms with E-state index in [1.54, 1.807) is 29.2 Å². The van der Waals surface area contributed by atoms with E-state index in [4.69, 9.17) is 9.15 Å². The molecule has 1 N–H and O–H groups in total. The Kier molecular flexibility index (Phi) is 5.62. The topological polar surface area (TPSA) is 81.0 Å². The zero-order chi connectivity index (χ0) is 21.1. The number of nitrogens with one attached hydrogen (secondary N) is 1. The molecule has 0 radical (unpaired) electrons. The number of nitrogens with zero attached hydrogens (tertiary/aromatic N) is 1. The second kappa shape index (κ2) is 8.50. The van der Waals surface area contributed by atoms with Crippen LogP contribution in [0.25, 0.3) is 11.0 Å². The Morgan fingerprint density at radius 2 is 1.73 bits per heavy atom. The predicted octanol–water partition coefficient (Wildman–Crippen LogP) is 3.76. The molecule has 0 spiro atoms. The lowest BCUT2D eigenvalue weighted by Gasteiger charge is -2.26. The first kappa shape index (κ1) is 19.8. The van der Waals surface area contributed by atoms with Gasteiger partial charge in [-0.05, 0) is 36.4 Å². The van der Waals surface area contributed by atoms with Crippen molar-refractivity contribution in [2.24, 2.45) is 0 Å². The van der Waals surface area contributed by atoms with Crippen LogP contribution in [-0.4, -0.2) is 49.6 Å². The molecule has 0 unspecified atom stereocenters. The highest BCUT2D eigenvalue weighted by Gasteiger charge is 2.27. The SMILES string of the molecule is O=C(Nc1c(C(=O)N2CCOCC2)oc2ccccc12)c1ccc(OC(F)F)cc1. The van der Waals surface area contributed by atoms with E-state index in [1.807, 2.05) is 0 Å². The summed E-state index contributed by atoms with van der Waals surface area (Å²) >= 11 is 0. The quantitative estimate of drug-likeness (QED) is 0.685. The van der Waals surface area contributed by atoms with Gasteiger partial charge in [0.1, 0.15) is 17.0 Å². The lowest BCUT2D eigenvalue weighted by atomic mass is 10.1. The summed E-state index contributed by atoms with van der Waals surface area (Å²) < 4.78 is 39.9. The summed E-state index contributed by atoms with van der Waals surface area (Å²) in [7, 11) is 0. The van der Waals surface area contributed by atoms with Crippen LogP contribution < -0.4 is 10.1 Å². The van der Waals surface area contributed by atoms with E-state index < -0.39 is 12.5 Å². The van der Waals surface area contributed by atoms with Gasteiger partial charge in [-0.1, -0.05) is 12.1 Å². The number of hydrogen-bond donors (Lipinski definition) is 1. The van der Waals surface area contributed by atoms with Crippen LogP contribution in [0.4, 0.5) is 14.5 Å². The summed E-state index contributed by atoms with van der Waals surface area (Å²) in [6.07, 6.45) is 0. The van der Waals surface area contributed by atoms with Crippen molar-refractivity contribution >= 4 is 28.5 Å². The molecule has 9 heteroatoms. The number of para-hydroxylation sites is 1. The summed E-state index contributed by atoms with van der Waals surface area (Å²) in [4.78, 5) is 27.4.